The van der Waals surface area contributed by atoms with Crippen LogP contribution >= 0.6 is 0 Å². The second-order valence-corrected chi connectivity index (χ2v) is 5.30. The van der Waals surface area contributed by atoms with Gasteiger partial charge in [0.25, 0.3) is 0 Å². The molecule has 0 aliphatic heterocycles. The average Bonchev–Trinajstić information content (AvgIpc) is 1.99. The lowest BCUT2D eigenvalue weighted by Crippen LogP contribution is -2.40. The van der Waals surface area contributed by atoms with E-state index in [1.165, 1.54) is 13.0 Å². The molecule has 0 fully saturated rings. The van der Waals surface area contributed by atoms with Crippen molar-refractivity contribution in [3.63, 3.8) is 0 Å². The molecule has 0 heterocycles. The summed E-state index contributed by atoms with van der Waals surface area (Å²) in [7, 11) is -4.01. The number of alkyl halides is 3. The van der Waals surface area contributed by atoms with Crippen LogP contribution in [0.25, 0.3) is 0 Å². The van der Waals surface area contributed by atoms with Crippen LogP contribution in [0.1, 0.15) is 26.7 Å². The topological polar surface area (TPSA) is 70.0 Å². The summed E-state index contributed by atoms with van der Waals surface area (Å²) in [5.74, 6) is 0. The second-order valence-electron chi connectivity index (χ2n) is 3.41. The number of hydrogen-bond acceptors (Lipinski definition) is 3. The molecular weight excluding hydrogens is 245 g/mol. The molecule has 2 unspecified atom stereocenters. The van der Waals surface area contributed by atoms with Crippen LogP contribution in [0.2, 0.25) is 0 Å². The number of nitrogens with zero attached hydrogens (tertiary/aromatic N) is 1. The molecule has 0 aromatic carbocycles. The summed E-state index contributed by atoms with van der Waals surface area (Å²) in [4.78, 5) is 0. The molecule has 0 bridgehead atoms. The van der Waals surface area contributed by atoms with Crippen molar-refractivity contribution >= 4 is 10.0 Å². The van der Waals surface area contributed by atoms with Gasteiger partial charge in [0.1, 0.15) is 0 Å². The normalized spacial score (nSPS) is 16.5. The van der Waals surface area contributed by atoms with E-state index in [2.05, 4.69) is 0 Å². The lowest BCUT2D eigenvalue weighted by Gasteiger charge is -2.17. The van der Waals surface area contributed by atoms with Gasteiger partial charge in [0.05, 0.1) is 12.5 Å². The van der Waals surface area contributed by atoms with Crippen LogP contribution in [-0.2, 0) is 10.0 Å². The molecule has 1 N–H and O–H groups in total. The highest BCUT2D eigenvalue weighted by Crippen LogP contribution is 2.21. The zero-order chi connectivity index (χ0) is 13.0. The van der Waals surface area contributed by atoms with E-state index in [0.29, 0.717) is 0 Å². The third-order valence-electron chi connectivity index (χ3n) is 1.79. The average molecular weight is 258 g/mol. The van der Waals surface area contributed by atoms with Crippen molar-refractivity contribution in [1.82, 2.24) is 4.72 Å². The molecule has 0 aromatic heterocycles. The molecule has 16 heavy (non-hydrogen) atoms. The fraction of sp³-hybridized carbons (Fsp3) is 0.875. The Morgan fingerprint density at radius 3 is 2.25 bits per heavy atom. The molecular formula is C8H13F3N2O2S. The van der Waals surface area contributed by atoms with Crippen molar-refractivity contribution in [3.8, 4) is 6.07 Å². The summed E-state index contributed by atoms with van der Waals surface area (Å²) >= 11 is 0. The number of rotatable bonds is 5. The fourth-order valence-corrected chi connectivity index (χ4v) is 2.52. The van der Waals surface area contributed by atoms with Crippen LogP contribution in [0, 0.1) is 11.3 Å². The maximum absolute atomic E-state index is 11.9. The summed E-state index contributed by atoms with van der Waals surface area (Å²) in [5, 5.41) is 7.20. The van der Waals surface area contributed by atoms with Crippen LogP contribution < -0.4 is 4.72 Å². The number of nitrogens with one attached hydrogen (secondary N) is 1. The maximum Gasteiger partial charge on any atom is 0.390 e. The highest BCUT2D eigenvalue weighted by molar-refractivity contribution is 7.90. The number of sulfonamides is 1. The summed E-state index contributed by atoms with van der Waals surface area (Å²) in [6.45, 7) is 2.58. The Morgan fingerprint density at radius 1 is 1.44 bits per heavy atom. The molecule has 0 spiro atoms. The number of hydrogen-bond donors (Lipinski definition) is 1. The Balaban J connectivity index is 4.56. The first-order valence-corrected chi connectivity index (χ1v) is 6.14. The number of nitriles is 1. The minimum atomic E-state index is -4.43. The Kier molecular flexibility index (Phi) is 5.22. The van der Waals surface area contributed by atoms with Crippen molar-refractivity contribution in [3.05, 3.63) is 0 Å². The summed E-state index contributed by atoms with van der Waals surface area (Å²) in [6.07, 6.45) is -5.66. The van der Waals surface area contributed by atoms with Crippen molar-refractivity contribution in [1.29, 1.82) is 5.26 Å². The smallest absolute Gasteiger partial charge is 0.211 e. The quantitative estimate of drug-likeness (QED) is 0.813. The van der Waals surface area contributed by atoms with E-state index in [1.807, 2.05) is 4.72 Å². The Bertz CT molecular complexity index is 358. The molecule has 0 amide bonds. The Labute approximate surface area is 92.5 Å². The zero-order valence-corrected chi connectivity index (χ0v) is 9.69. The highest BCUT2D eigenvalue weighted by atomic mass is 32.2. The first-order valence-electron chi connectivity index (χ1n) is 4.60. The van der Waals surface area contributed by atoms with Gasteiger partial charge in [-0.1, -0.05) is 6.92 Å². The molecule has 0 saturated carbocycles. The maximum atomic E-state index is 11.9. The van der Waals surface area contributed by atoms with E-state index in [4.69, 9.17) is 5.26 Å². The SMILES string of the molecule is CCC(C#N)S(=O)(=O)NC(C)CC(F)(F)F. The van der Waals surface area contributed by atoms with Crippen molar-refractivity contribution < 1.29 is 21.6 Å². The van der Waals surface area contributed by atoms with Gasteiger partial charge >= 0.3 is 6.18 Å². The number of halogens is 3. The minimum absolute atomic E-state index is 0.0323. The van der Waals surface area contributed by atoms with Gasteiger partial charge in [-0.25, -0.2) is 13.1 Å². The first kappa shape index (κ1) is 15.2. The summed E-state index contributed by atoms with van der Waals surface area (Å²) < 4.78 is 60.5. The third-order valence-corrected chi connectivity index (χ3v) is 3.71. The van der Waals surface area contributed by atoms with Gasteiger partial charge in [0.15, 0.2) is 5.25 Å². The van der Waals surface area contributed by atoms with E-state index in [1.54, 1.807) is 0 Å². The van der Waals surface area contributed by atoms with Crippen molar-refractivity contribution in [2.24, 2.45) is 0 Å². The largest absolute Gasteiger partial charge is 0.390 e. The first-order chi connectivity index (χ1) is 7.12. The Morgan fingerprint density at radius 2 is 1.94 bits per heavy atom. The predicted molar refractivity (Wildman–Crippen MR) is 51.9 cm³/mol. The van der Waals surface area contributed by atoms with Gasteiger partial charge in [-0.2, -0.15) is 18.4 Å². The zero-order valence-electron chi connectivity index (χ0n) is 8.87. The molecule has 0 rings (SSSR count). The van der Waals surface area contributed by atoms with Gasteiger partial charge in [0, 0.05) is 6.04 Å². The Hall–Kier alpha value is -0.810. The lowest BCUT2D eigenvalue weighted by atomic mass is 10.2. The highest BCUT2D eigenvalue weighted by Gasteiger charge is 2.33. The van der Waals surface area contributed by atoms with Gasteiger partial charge in [-0.15, -0.1) is 0 Å². The molecule has 8 heteroatoms. The van der Waals surface area contributed by atoms with Crippen molar-refractivity contribution in [2.45, 2.75) is 44.2 Å². The minimum Gasteiger partial charge on any atom is -0.211 e. The predicted octanol–water partition coefficient (Wildman–Crippen LogP) is 1.55. The monoisotopic (exact) mass is 258 g/mol. The fourth-order valence-electron chi connectivity index (χ4n) is 1.13. The molecule has 0 aliphatic carbocycles. The van der Waals surface area contributed by atoms with E-state index in [0.717, 1.165) is 6.92 Å². The molecule has 2 atom stereocenters. The molecule has 4 nitrogen and oxygen atoms in total. The molecule has 0 saturated heterocycles. The van der Waals surface area contributed by atoms with Crippen LogP contribution in [0.15, 0.2) is 0 Å². The second kappa shape index (κ2) is 5.50. The standard InChI is InChI=1S/C8H13F3N2O2S/c1-3-7(5-12)16(14,15)13-6(2)4-8(9,10)11/h6-7,13H,3-4H2,1-2H3. The van der Waals surface area contributed by atoms with E-state index in [9.17, 15) is 21.6 Å². The lowest BCUT2D eigenvalue weighted by molar-refractivity contribution is -0.137. The van der Waals surface area contributed by atoms with Gasteiger partial charge in [-0.3, -0.25) is 0 Å². The van der Waals surface area contributed by atoms with Gasteiger partial charge in [0.2, 0.25) is 10.0 Å². The van der Waals surface area contributed by atoms with Crippen LogP contribution in [-0.4, -0.2) is 25.9 Å². The van der Waals surface area contributed by atoms with E-state index >= 15 is 0 Å². The van der Waals surface area contributed by atoms with Crippen LogP contribution in [0.5, 0.6) is 0 Å². The van der Waals surface area contributed by atoms with Crippen molar-refractivity contribution in [2.75, 3.05) is 0 Å². The molecule has 94 valence electrons. The third kappa shape index (κ3) is 5.32. The summed E-state index contributed by atoms with van der Waals surface area (Å²) in [6, 6.07) is 0.258. The van der Waals surface area contributed by atoms with Crippen LogP contribution in [0.4, 0.5) is 13.2 Å². The van der Waals surface area contributed by atoms with Crippen LogP contribution in [0.3, 0.4) is 0 Å². The van der Waals surface area contributed by atoms with Gasteiger partial charge in [-0.05, 0) is 13.3 Å². The molecule has 0 radical (unpaired) electrons. The molecule has 0 aliphatic rings. The summed E-state index contributed by atoms with van der Waals surface area (Å²) in [5.41, 5.74) is 0. The van der Waals surface area contributed by atoms with E-state index < -0.39 is 33.9 Å². The van der Waals surface area contributed by atoms with E-state index in [-0.39, 0.29) is 6.42 Å². The van der Waals surface area contributed by atoms with Gasteiger partial charge < -0.3 is 0 Å². The molecule has 0 aromatic rings.